The number of ether oxygens (including phenoxy) is 1. The SMILES string of the molecule is CCCn1c(=O)c2[nH]c(-c3ccc(OC(=O)NCCN)cc3)nc2n(CCC)c1=O. The molecule has 1 amide bonds. The van der Waals surface area contributed by atoms with Crippen molar-refractivity contribution in [1.29, 1.82) is 0 Å². The van der Waals surface area contributed by atoms with Crippen molar-refractivity contribution in [3.63, 3.8) is 0 Å². The molecule has 30 heavy (non-hydrogen) atoms. The largest absolute Gasteiger partial charge is 0.412 e. The molecule has 3 rings (SSSR count). The number of fused-ring (bicyclic) bond motifs is 1. The number of amides is 1. The first kappa shape index (κ1) is 21.3. The molecule has 10 nitrogen and oxygen atoms in total. The highest BCUT2D eigenvalue weighted by Gasteiger charge is 2.17. The van der Waals surface area contributed by atoms with E-state index in [0.29, 0.717) is 60.9 Å². The van der Waals surface area contributed by atoms with Crippen LogP contribution in [-0.2, 0) is 13.1 Å². The van der Waals surface area contributed by atoms with Gasteiger partial charge in [-0.3, -0.25) is 13.9 Å². The Hall–Kier alpha value is -3.40. The van der Waals surface area contributed by atoms with Crippen LogP contribution in [0.5, 0.6) is 5.75 Å². The Labute approximate surface area is 172 Å². The van der Waals surface area contributed by atoms with E-state index in [9.17, 15) is 14.4 Å². The van der Waals surface area contributed by atoms with Gasteiger partial charge in [-0.15, -0.1) is 0 Å². The number of nitrogens with one attached hydrogen (secondary N) is 2. The van der Waals surface area contributed by atoms with Crippen LogP contribution in [0.1, 0.15) is 26.7 Å². The molecular formula is C20H26N6O4. The molecule has 0 radical (unpaired) electrons. The summed E-state index contributed by atoms with van der Waals surface area (Å²) in [7, 11) is 0. The zero-order valence-corrected chi connectivity index (χ0v) is 17.1. The van der Waals surface area contributed by atoms with Gasteiger partial charge in [0.05, 0.1) is 0 Å². The quantitative estimate of drug-likeness (QED) is 0.510. The number of aromatic amines is 1. The third kappa shape index (κ3) is 4.28. The number of hydrogen-bond acceptors (Lipinski definition) is 6. The Morgan fingerprint density at radius 3 is 2.43 bits per heavy atom. The van der Waals surface area contributed by atoms with E-state index in [-0.39, 0.29) is 11.2 Å². The van der Waals surface area contributed by atoms with Gasteiger partial charge in [-0.25, -0.2) is 14.6 Å². The van der Waals surface area contributed by atoms with Crippen molar-refractivity contribution >= 4 is 17.3 Å². The number of imidazole rings is 1. The summed E-state index contributed by atoms with van der Waals surface area (Å²) in [6.45, 7) is 5.34. The molecule has 3 aromatic rings. The minimum absolute atomic E-state index is 0.299. The fourth-order valence-corrected chi connectivity index (χ4v) is 3.15. The standard InChI is InChI=1S/C20H26N6O4/c1-3-11-25-17-15(18(27)26(12-4-2)20(25)29)23-16(24-17)13-5-7-14(8-6-13)30-19(28)22-10-9-21/h5-8H,3-4,9-12,21H2,1-2H3,(H,22,28)(H,23,24). The first-order valence-electron chi connectivity index (χ1n) is 9.99. The molecule has 0 fully saturated rings. The molecule has 2 aromatic heterocycles. The summed E-state index contributed by atoms with van der Waals surface area (Å²) < 4.78 is 7.94. The molecule has 0 atom stereocenters. The summed E-state index contributed by atoms with van der Waals surface area (Å²) in [4.78, 5) is 44.8. The molecule has 4 N–H and O–H groups in total. The van der Waals surface area contributed by atoms with Gasteiger partial charge in [-0.2, -0.15) is 0 Å². The monoisotopic (exact) mass is 414 g/mol. The molecule has 160 valence electrons. The van der Waals surface area contributed by atoms with E-state index in [0.717, 1.165) is 6.42 Å². The maximum absolute atomic E-state index is 12.8. The topological polar surface area (TPSA) is 137 Å². The molecule has 0 bridgehead atoms. The molecule has 0 aliphatic carbocycles. The van der Waals surface area contributed by atoms with Crippen LogP contribution in [0.2, 0.25) is 0 Å². The van der Waals surface area contributed by atoms with E-state index in [4.69, 9.17) is 10.5 Å². The van der Waals surface area contributed by atoms with Crippen LogP contribution in [0.25, 0.3) is 22.6 Å². The second-order valence-corrected chi connectivity index (χ2v) is 6.80. The first-order chi connectivity index (χ1) is 14.5. The van der Waals surface area contributed by atoms with Gasteiger partial charge < -0.3 is 20.8 Å². The van der Waals surface area contributed by atoms with E-state index in [2.05, 4.69) is 15.3 Å². The van der Waals surface area contributed by atoms with Crippen LogP contribution in [0, 0.1) is 0 Å². The van der Waals surface area contributed by atoms with Crippen molar-refractivity contribution in [3.05, 3.63) is 45.1 Å². The van der Waals surface area contributed by atoms with Crippen LogP contribution < -0.4 is 27.0 Å². The maximum atomic E-state index is 12.8. The fraction of sp³-hybridized carbons (Fsp3) is 0.400. The summed E-state index contributed by atoms with van der Waals surface area (Å²) in [5.41, 5.74) is 5.95. The number of H-pyrrole nitrogens is 1. The lowest BCUT2D eigenvalue weighted by Gasteiger charge is -2.09. The zero-order chi connectivity index (χ0) is 21.7. The van der Waals surface area contributed by atoms with Crippen LogP contribution in [-0.4, -0.2) is 38.3 Å². The Balaban J connectivity index is 1.98. The number of rotatable bonds is 8. The number of carbonyl (C=O) groups is 1. The molecule has 0 spiro atoms. The van der Waals surface area contributed by atoms with E-state index in [1.165, 1.54) is 9.13 Å². The summed E-state index contributed by atoms with van der Waals surface area (Å²) >= 11 is 0. The van der Waals surface area contributed by atoms with Gasteiger partial charge in [0.25, 0.3) is 5.56 Å². The first-order valence-corrected chi connectivity index (χ1v) is 9.99. The summed E-state index contributed by atoms with van der Waals surface area (Å²) in [5.74, 6) is 0.817. The van der Waals surface area contributed by atoms with Gasteiger partial charge in [0.2, 0.25) is 0 Å². The van der Waals surface area contributed by atoms with Gasteiger partial charge in [0.1, 0.15) is 17.1 Å². The van der Waals surface area contributed by atoms with Gasteiger partial charge in [0.15, 0.2) is 5.65 Å². The normalized spacial score (nSPS) is 11.0. The van der Waals surface area contributed by atoms with Gasteiger partial charge in [0, 0.05) is 31.7 Å². The highest BCUT2D eigenvalue weighted by atomic mass is 16.6. The number of aryl methyl sites for hydroxylation is 1. The van der Waals surface area contributed by atoms with Gasteiger partial charge in [-0.1, -0.05) is 13.8 Å². The average Bonchev–Trinajstić information content (AvgIpc) is 3.19. The molecule has 0 aliphatic heterocycles. The number of hydrogen-bond donors (Lipinski definition) is 3. The van der Waals surface area contributed by atoms with Crippen LogP contribution in [0.3, 0.4) is 0 Å². The van der Waals surface area contributed by atoms with E-state index in [1.54, 1.807) is 24.3 Å². The van der Waals surface area contributed by atoms with Crippen molar-refractivity contribution in [3.8, 4) is 17.1 Å². The third-order valence-corrected chi connectivity index (χ3v) is 4.51. The highest BCUT2D eigenvalue weighted by molar-refractivity contribution is 5.76. The zero-order valence-electron chi connectivity index (χ0n) is 17.1. The second kappa shape index (κ2) is 9.40. The summed E-state index contributed by atoms with van der Waals surface area (Å²) in [5, 5.41) is 2.52. The second-order valence-electron chi connectivity index (χ2n) is 6.80. The molecule has 1 aromatic carbocycles. The smallest absolute Gasteiger partial charge is 0.410 e. The average molecular weight is 414 g/mol. The van der Waals surface area contributed by atoms with E-state index >= 15 is 0 Å². The van der Waals surface area contributed by atoms with Crippen molar-refractivity contribution in [2.45, 2.75) is 39.8 Å². The molecule has 2 heterocycles. The van der Waals surface area contributed by atoms with E-state index in [1.807, 2.05) is 13.8 Å². The maximum Gasteiger partial charge on any atom is 0.412 e. The van der Waals surface area contributed by atoms with E-state index < -0.39 is 6.09 Å². The molecule has 0 saturated carbocycles. The number of carbonyl (C=O) groups excluding carboxylic acids is 1. The summed E-state index contributed by atoms with van der Waals surface area (Å²) in [6, 6.07) is 6.68. The Bertz CT molecular complexity index is 1140. The van der Waals surface area contributed by atoms with Crippen molar-refractivity contribution in [2.75, 3.05) is 13.1 Å². The van der Waals surface area contributed by atoms with Crippen LogP contribution in [0.15, 0.2) is 33.9 Å². The number of benzene rings is 1. The molecule has 10 heteroatoms. The molecule has 0 aliphatic rings. The van der Waals surface area contributed by atoms with Crippen molar-refractivity contribution < 1.29 is 9.53 Å². The lowest BCUT2D eigenvalue weighted by molar-refractivity contribution is 0.201. The predicted octanol–water partition coefficient (Wildman–Crippen LogP) is 1.42. The molecule has 0 saturated heterocycles. The van der Waals surface area contributed by atoms with Gasteiger partial charge in [-0.05, 0) is 37.1 Å². The lowest BCUT2D eigenvalue weighted by Crippen LogP contribution is -2.40. The summed E-state index contributed by atoms with van der Waals surface area (Å²) in [6.07, 6.45) is 0.824. The minimum Gasteiger partial charge on any atom is -0.410 e. The van der Waals surface area contributed by atoms with Crippen molar-refractivity contribution in [1.82, 2.24) is 24.4 Å². The lowest BCUT2D eigenvalue weighted by atomic mass is 10.2. The molecular weight excluding hydrogens is 388 g/mol. The Morgan fingerprint density at radius 1 is 1.13 bits per heavy atom. The predicted molar refractivity (Wildman–Crippen MR) is 114 cm³/mol. The van der Waals surface area contributed by atoms with Crippen LogP contribution in [0.4, 0.5) is 4.79 Å². The van der Waals surface area contributed by atoms with Crippen LogP contribution >= 0.6 is 0 Å². The third-order valence-electron chi connectivity index (χ3n) is 4.51. The Morgan fingerprint density at radius 2 is 1.80 bits per heavy atom. The Kier molecular flexibility index (Phi) is 6.68. The number of aromatic nitrogens is 4. The molecule has 0 unspecified atom stereocenters. The fourth-order valence-electron chi connectivity index (χ4n) is 3.15. The highest BCUT2D eigenvalue weighted by Crippen LogP contribution is 2.22. The number of nitrogens with two attached hydrogens (primary N) is 1. The van der Waals surface area contributed by atoms with Crippen molar-refractivity contribution in [2.24, 2.45) is 5.73 Å². The number of nitrogens with zero attached hydrogens (tertiary/aromatic N) is 3. The minimum atomic E-state index is -0.586. The van der Waals surface area contributed by atoms with Gasteiger partial charge >= 0.3 is 11.8 Å².